The molecule has 1 atom stereocenters. The average molecular weight is 276 g/mol. The Labute approximate surface area is 117 Å². The minimum atomic E-state index is -0.274. The number of oxazole rings is 1. The van der Waals surface area contributed by atoms with E-state index in [9.17, 15) is 4.79 Å². The van der Waals surface area contributed by atoms with Crippen LogP contribution in [-0.2, 0) is 0 Å². The topological polar surface area (TPSA) is 55.1 Å². The van der Waals surface area contributed by atoms with Gasteiger partial charge in [0.2, 0.25) is 5.89 Å². The van der Waals surface area contributed by atoms with E-state index in [4.69, 9.17) is 4.42 Å². The monoisotopic (exact) mass is 276 g/mol. The van der Waals surface area contributed by atoms with Crippen molar-refractivity contribution in [3.05, 3.63) is 47.2 Å². The summed E-state index contributed by atoms with van der Waals surface area (Å²) in [5.41, 5.74) is 1.52. The number of hydrogen-bond acceptors (Lipinski definition) is 4. The van der Waals surface area contributed by atoms with Gasteiger partial charge in [0.1, 0.15) is 11.8 Å². The molecular formula is C14H16N2O2S. The first-order valence-electron chi connectivity index (χ1n) is 6.00. The first kappa shape index (κ1) is 13.7. The number of benzene rings is 1. The number of rotatable bonds is 3. The van der Waals surface area contributed by atoms with Gasteiger partial charge in [-0.2, -0.15) is 0 Å². The van der Waals surface area contributed by atoms with Crippen molar-refractivity contribution < 1.29 is 9.21 Å². The standard InChI is InChI=1S/C14H16N2O2S/c1-8-4-5-11(19)6-12(8)13(17)16-10(3)14-15-7-9(2)18-14/h4-7,10,19H,1-3H3,(H,16,17). The van der Waals surface area contributed by atoms with Crippen LogP contribution in [0.15, 0.2) is 33.7 Å². The first-order chi connectivity index (χ1) is 8.97. The molecule has 2 aromatic rings. The third-order valence-electron chi connectivity index (χ3n) is 2.82. The molecule has 100 valence electrons. The second-order valence-electron chi connectivity index (χ2n) is 4.50. The Balaban J connectivity index is 2.15. The molecule has 19 heavy (non-hydrogen) atoms. The molecule has 0 aliphatic heterocycles. The van der Waals surface area contributed by atoms with Gasteiger partial charge < -0.3 is 9.73 Å². The maximum atomic E-state index is 12.2. The maximum absolute atomic E-state index is 12.2. The molecule has 0 bridgehead atoms. The minimum absolute atomic E-state index is 0.156. The van der Waals surface area contributed by atoms with Crippen LogP contribution in [0, 0.1) is 13.8 Å². The number of amides is 1. The van der Waals surface area contributed by atoms with Gasteiger partial charge in [-0.3, -0.25) is 4.79 Å². The Hall–Kier alpha value is -1.75. The SMILES string of the molecule is Cc1cnc(C(C)NC(=O)c2cc(S)ccc2C)o1. The zero-order chi connectivity index (χ0) is 14.0. The number of hydrogen-bond donors (Lipinski definition) is 2. The lowest BCUT2D eigenvalue weighted by atomic mass is 10.1. The predicted octanol–water partition coefficient (Wildman–Crippen LogP) is 3.07. The van der Waals surface area contributed by atoms with E-state index in [1.165, 1.54) is 0 Å². The molecule has 1 aromatic carbocycles. The minimum Gasteiger partial charge on any atom is -0.444 e. The first-order valence-corrected chi connectivity index (χ1v) is 6.45. The van der Waals surface area contributed by atoms with Crippen molar-refractivity contribution in [3.8, 4) is 0 Å². The van der Waals surface area contributed by atoms with Crippen molar-refractivity contribution in [3.63, 3.8) is 0 Å². The highest BCUT2D eigenvalue weighted by Gasteiger charge is 2.16. The summed E-state index contributed by atoms with van der Waals surface area (Å²) in [6.45, 7) is 5.55. The van der Waals surface area contributed by atoms with Crippen molar-refractivity contribution >= 4 is 18.5 Å². The molecule has 0 aliphatic rings. The van der Waals surface area contributed by atoms with Crippen LogP contribution in [0.5, 0.6) is 0 Å². The maximum Gasteiger partial charge on any atom is 0.252 e. The van der Waals surface area contributed by atoms with Gasteiger partial charge in [-0.15, -0.1) is 12.6 Å². The van der Waals surface area contributed by atoms with Crippen LogP contribution in [0.2, 0.25) is 0 Å². The normalized spacial score (nSPS) is 12.2. The van der Waals surface area contributed by atoms with Gasteiger partial charge in [0.05, 0.1) is 6.20 Å². The van der Waals surface area contributed by atoms with Gasteiger partial charge in [0, 0.05) is 10.5 Å². The fourth-order valence-electron chi connectivity index (χ4n) is 1.76. The van der Waals surface area contributed by atoms with Crippen LogP contribution in [-0.4, -0.2) is 10.9 Å². The average Bonchev–Trinajstić information content (AvgIpc) is 2.79. The van der Waals surface area contributed by atoms with Crippen LogP contribution in [0.25, 0.3) is 0 Å². The lowest BCUT2D eigenvalue weighted by Crippen LogP contribution is -2.27. The molecule has 1 N–H and O–H groups in total. The molecule has 5 heteroatoms. The Bertz CT molecular complexity index is 607. The molecule has 0 spiro atoms. The molecule has 0 radical (unpaired) electrons. The summed E-state index contributed by atoms with van der Waals surface area (Å²) >= 11 is 4.25. The fraction of sp³-hybridized carbons (Fsp3) is 0.286. The number of aryl methyl sites for hydroxylation is 2. The third kappa shape index (κ3) is 3.17. The largest absolute Gasteiger partial charge is 0.444 e. The zero-order valence-electron chi connectivity index (χ0n) is 11.1. The lowest BCUT2D eigenvalue weighted by Gasteiger charge is -2.12. The summed E-state index contributed by atoms with van der Waals surface area (Å²) in [6, 6.07) is 5.21. The fourth-order valence-corrected chi connectivity index (χ4v) is 1.97. The van der Waals surface area contributed by atoms with Crippen LogP contribution < -0.4 is 5.32 Å². The van der Waals surface area contributed by atoms with Crippen LogP contribution in [0.3, 0.4) is 0 Å². The third-order valence-corrected chi connectivity index (χ3v) is 3.10. The number of nitrogens with zero attached hydrogens (tertiary/aromatic N) is 1. The number of carbonyl (C=O) groups excluding carboxylic acids is 1. The summed E-state index contributed by atoms with van der Waals surface area (Å²) in [5.74, 6) is 1.08. The summed E-state index contributed by atoms with van der Waals surface area (Å²) in [4.78, 5) is 17.1. The predicted molar refractivity (Wildman–Crippen MR) is 75.6 cm³/mol. The molecule has 4 nitrogen and oxygen atoms in total. The van der Waals surface area contributed by atoms with Gasteiger partial charge in [-0.25, -0.2) is 4.98 Å². The number of aromatic nitrogens is 1. The summed E-state index contributed by atoms with van der Waals surface area (Å²) in [6.07, 6.45) is 1.64. The smallest absolute Gasteiger partial charge is 0.252 e. The van der Waals surface area contributed by atoms with Gasteiger partial charge in [0.15, 0.2) is 0 Å². The molecule has 0 saturated carbocycles. The van der Waals surface area contributed by atoms with E-state index >= 15 is 0 Å². The quantitative estimate of drug-likeness (QED) is 0.847. The van der Waals surface area contributed by atoms with E-state index in [1.807, 2.05) is 32.9 Å². The lowest BCUT2D eigenvalue weighted by molar-refractivity contribution is 0.0933. The number of carbonyl (C=O) groups is 1. The molecule has 0 aliphatic carbocycles. The highest BCUT2D eigenvalue weighted by molar-refractivity contribution is 7.80. The Morgan fingerprint density at radius 2 is 2.16 bits per heavy atom. The van der Waals surface area contributed by atoms with E-state index in [0.717, 1.165) is 16.2 Å². The second kappa shape index (κ2) is 5.48. The van der Waals surface area contributed by atoms with Crippen LogP contribution in [0.1, 0.15) is 40.5 Å². The highest BCUT2D eigenvalue weighted by Crippen LogP contribution is 2.17. The summed E-state index contributed by atoms with van der Waals surface area (Å²) < 4.78 is 5.40. The molecule has 1 heterocycles. The highest BCUT2D eigenvalue weighted by atomic mass is 32.1. The molecule has 1 aromatic heterocycles. The van der Waals surface area contributed by atoms with Crippen molar-refractivity contribution in [1.29, 1.82) is 0 Å². The molecule has 0 saturated heterocycles. The van der Waals surface area contributed by atoms with Crippen LogP contribution in [0.4, 0.5) is 0 Å². The van der Waals surface area contributed by atoms with Gasteiger partial charge in [-0.05, 0) is 38.5 Å². The Morgan fingerprint density at radius 3 is 2.79 bits per heavy atom. The van der Waals surface area contributed by atoms with Crippen molar-refractivity contribution in [2.75, 3.05) is 0 Å². The number of thiol groups is 1. The zero-order valence-corrected chi connectivity index (χ0v) is 12.0. The van der Waals surface area contributed by atoms with Crippen molar-refractivity contribution in [2.24, 2.45) is 0 Å². The van der Waals surface area contributed by atoms with E-state index in [0.29, 0.717) is 11.5 Å². The van der Waals surface area contributed by atoms with E-state index in [-0.39, 0.29) is 11.9 Å². The molecular weight excluding hydrogens is 260 g/mol. The molecule has 2 rings (SSSR count). The van der Waals surface area contributed by atoms with Crippen molar-refractivity contribution in [1.82, 2.24) is 10.3 Å². The van der Waals surface area contributed by atoms with E-state index in [2.05, 4.69) is 22.9 Å². The Kier molecular flexibility index (Phi) is 3.95. The number of nitrogens with one attached hydrogen (secondary N) is 1. The summed E-state index contributed by atoms with van der Waals surface area (Å²) in [7, 11) is 0. The van der Waals surface area contributed by atoms with Crippen LogP contribution >= 0.6 is 12.6 Å². The van der Waals surface area contributed by atoms with Gasteiger partial charge >= 0.3 is 0 Å². The summed E-state index contributed by atoms with van der Waals surface area (Å²) in [5, 5.41) is 2.86. The molecule has 0 fully saturated rings. The van der Waals surface area contributed by atoms with E-state index < -0.39 is 0 Å². The molecule has 1 amide bonds. The van der Waals surface area contributed by atoms with E-state index in [1.54, 1.807) is 12.3 Å². The second-order valence-corrected chi connectivity index (χ2v) is 5.02. The molecule has 1 unspecified atom stereocenters. The Morgan fingerprint density at radius 1 is 1.42 bits per heavy atom. The van der Waals surface area contributed by atoms with Gasteiger partial charge in [-0.1, -0.05) is 6.07 Å². The van der Waals surface area contributed by atoms with Crippen molar-refractivity contribution in [2.45, 2.75) is 31.7 Å². The van der Waals surface area contributed by atoms with Gasteiger partial charge in [0.25, 0.3) is 5.91 Å².